The Kier molecular flexibility index (Phi) is 10.5. The van der Waals surface area contributed by atoms with E-state index in [0.717, 1.165) is 12.0 Å². The number of halogens is 3. The highest BCUT2D eigenvalue weighted by atomic mass is 35.5. The van der Waals surface area contributed by atoms with Gasteiger partial charge in [0.05, 0.1) is 0 Å². The van der Waals surface area contributed by atoms with Crippen molar-refractivity contribution in [3.63, 3.8) is 0 Å². The van der Waals surface area contributed by atoms with Gasteiger partial charge in [0.15, 0.2) is 6.61 Å². The highest BCUT2D eigenvalue weighted by Crippen LogP contribution is 2.24. The van der Waals surface area contributed by atoms with E-state index in [4.69, 9.17) is 39.5 Å². The molecule has 2 amide bonds. The molecule has 0 saturated carbocycles. The lowest BCUT2D eigenvalue weighted by Crippen LogP contribution is -2.53. The van der Waals surface area contributed by atoms with Crippen LogP contribution in [-0.2, 0) is 22.6 Å². The zero-order valence-electron chi connectivity index (χ0n) is 20.2. The number of hydrogen-bond acceptors (Lipinski definition) is 3. The Hall–Kier alpha value is -2.73. The van der Waals surface area contributed by atoms with E-state index in [1.807, 2.05) is 44.2 Å². The van der Waals surface area contributed by atoms with E-state index in [1.165, 1.54) is 4.90 Å². The van der Waals surface area contributed by atoms with Crippen molar-refractivity contribution in [2.75, 3.05) is 6.61 Å². The first-order valence-electron chi connectivity index (χ1n) is 11.7. The molecule has 3 rings (SSSR count). The van der Waals surface area contributed by atoms with Crippen LogP contribution < -0.4 is 10.1 Å². The Bertz CT molecular complexity index is 1160. The summed E-state index contributed by atoms with van der Waals surface area (Å²) in [7, 11) is 0. The van der Waals surface area contributed by atoms with Gasteiger partial charge in [0.25, 0.3) is 5.91 Å². The molecule has 0 saturated heterocycles. The lowest BCUT2D eigenvalue weighted by atomic mass is 10.0. The van der Waals surface area contributed by atoms with E-state index in [-0.39, 0.29) is 31.0 Å². The van der Waals surface area contributed by atoms with Gasteiger partial charge in [-0.25, -0.2) is 0 Å². The van der Waals surface area contributed by atoms with Gasteiger partial charge in [0, 0.05) is 34.1 Å². The van der Waals surface area contributed by atoms with E-state index in [0.29, 0.717) is 32.8 Å². The normalized spacial score (nSPS) is 12.5. The monoisotopic (exact) mass is 546 g/mol. The van der Waals surface area contributed by atoms with Crippen LogP contribution in [-0.4, -0.2) is 35.4 Å². The summed E-state index contributed by atoms with van der Waals surface area (Å²) in [5.74, 6) is -0.0878. The van der Waals surface area contributed by atoms with Gasteiger partial charge in [-0.2, -0.15) is 0 Å². The number of nitrogens with zero attached hydrogens (tertiary/aromatic N) is 1. The predicted octanol–water partition coefficient (Wildman–Crippen LogP) is 6.58. The maximum atomic E-state index is 13.6. The largest absolute Gasteiger partial charge is 0.484 e. The quantitative estimate of drug-likeness (QED) is 0.295. The predicted molar refractivity (Wildman–Crippen MR) is 146 cm³/mol. The minimum atomic E-state index is -0.783. The maximum absolute atomic E-state index is 13.6. The molecule has 3 aromatic rings. The molecule has 0 heterocycles. The number of hydrogen-bond donors (Lipinski definition) is 1. The topological polar surface area (TPSA) is 58.6 Å². The molecule has 0 spiro atoms. The molecule has 0 aliphatic rings. The highest BCUT2D eigenvalue weighted by Gasteiger charge is 2.31. The molecular weight excluding hydrogens is 519 g/mol. The molecule has 3 aromatic carbocycles. The van der Waals surface area contributed by atoms with E-state index in [1.54, 1.807) is 42.5 Å². The average molecular weight is 548 g/mol. The molecular formula is C28H29Cl3N2O3. The van der Waals surface area contributed by atoms with Crippen molar-refractivity contribution in [3.05, 3.63) is 99.0 Å². The third-order valence-electron chi connectivity index (χ3n) is 5.80. The van der Waals surface area contributed by atoms with Crippen LogP contribution in [0.4, 0.5) is 0 Å². The van der Waals surface area contributed by atoms with Gasteiger partial charge < -0.3 is 15.0 Å². The highest BCUT2D eigenvalue weighted by molar-refractivity contribution is 6.35. The number of rotatable bonds is 11. The van der Waals surface area contributed by atoms with E-state index >= 15 is 0 Å². The molecule has 0 aliphatic heterocycles. The number of carbonyl (C=O) groups excluding carboxylic acids is 2. The van der Waals surface area contributed by atoms with Gasteiger partial charge in [-0.05, 0) is 60.9 Å². The lowest BCUT2D eigenvalue weighted by molar-refractivity contribution is -0.143. The molecule has 0 aromatic heterocycles. The van der Waals surface area contributed by atoms with Gasteiger partial charge in [0.2, 0.25) is 5.91 Å². The number of benzene rings is 3. The Labute approximate surface area is 227 Å². The van der Waals surface area contributed by atoms with Gasteiger partial charge in [-0.1, -0.05) is 78.1 Å². The second-order valence-corrected chi connectivity index (χ2v) is 9.80. The minimum absolute atomic E-state index is 0.0443. The van der Waals surface area contributed by atoms with Gasteiger partial charge in [-0.15, -0.1) is 0 Å². The van der Waals surface area contributed by atoms with Crippen molar-refractivity contribution in [1.82, 2.24) is 10.2 Å². The van der Waals surface area contributed by atoms with Crippen LogP contribution in [0.15, 0.2) is 72.8 Å². The summed E-state index contributed by atoms with van der Waals surface area (Å²) in [5, 5.41) is 4.50. The first-order valence-corrected chi connectivity index (χ1v) is 12.9. The SMILES string of the molecule is CC[C@@H](C)NC(=O)[C@H](Cc1ccccc1)N(Cc1ccc(Cl)cc1Cl)C(=O)COc1ccc(Cl)cc1. The van der Waals surface area contributed by atoms with Crippen molar-refractivity contribution in [1.29, 1.82) is 0 Å². The first kappa shape index (κ1) is 27.9. The summed E-state index contributed by atoms with van der Waals surface area (Å²) in [6, 6.07) is 20.6. The number of amides is 2. The second-order valence-electron chi connectivity index (χ2n) is 8.52. The van der Waals surface area contributed by atoms with E-state index in [9.17, 15) is 9.59 Å². The van der Waals surface area contributed by atoms with E-state index in [2.05, 4.69) is 5.32 Å². The van der Waals surface area contributed by atoms with E-state index < -0.39 is 6.04 Å². The number of carbonyl (C=O) groups is 2. The van der Waals surface area contributed by atoms with Gasteiger partial charge in [-0.3, -0.25) is 9.59 Å². The fraction of sp³-hybridized carbons (Fsp3) is 0.286. The average Bonchev–Trinajstić information content (AvgIpc) is 2.87. The molecule has 5 nitrogen and oxygen atoms in total. The van der Waals surface area contributed by atoms with Crippen molar-refractivity contribution in [2.24, 2.45) is 0 Å². The molecule has 8 heteroatoms. The zero-order chi connectivity index (χ0) is 26.1. The maximum Gasteiger partial charge on any atom is 0.261 e. The number of ether oxygens (including phenoxy) is 1. The fourth-order valence-electron chi connectivity index (χ4n) is 3.59. The summed E-state index contributed by atoms with van der Waals surface area (Å²) in [6.07, 6.45) is 1.10. The standard InChI is InChI=1S/C28H29Cl3N2O3/c1-3-19(2)32-28(35)26(15-20-7-5-4-6-8-20)33(17-21-9-10-23(30)16-25(21)31)27(34)18-36-24-13-11-22(29)12-14-24/h4-14,16,19,26H,3,15,17-18H2,1-2H3,(H,32,35)/t19-,26+/m1/s1. The second kappa shape index (κ2) is 13.5. The van der Waals surface area contributed by atoms with Gasteiger partial charge in [0.1, 0.15) is 11.8 Å². The van der Waals surface area contributed by atoms with Crippen LogP contribution in [0.5, 0.6) is 5.75 Å². The molecule has 0 unspecified atom stereocenters. The third kappa shape index (κ3) is 8.16. The summed E-state index contributed by atoms with van der Waals surface area (Å²) in [5.41, 5.74) is 1.61. The smallest absolute Gasteiger partial charge is 0.261 e. The molecule has 36 heavy (non-hydrogen) atoms. The number of nitrogens with one attached hydrogen (secondary N) is 1. The van der Waals surface area contributed by atoms with Crippen molar-refractivity contribution < 1.29 is 14.3 Å². The molecule has 0 aliphatic carbocycles. The Morgan fingerprint density at radius 2 is 1.61 bits per heavy atom. The van der Waals surface area contributed by atoms with Crippen LogP contribution in [0.2, 0.25) is 15.1 Å². The molecule has 0 radical (unpaired) electrons. The summed E-state index contributed by atoms with van der Waals surface area (Å²) >= 11 is 18.5. The van der Waals surface area contributed by atoms with Crippen LogP contribution in [0, 0.1) is 0 Å². The Morgan fingerprint density at radius 3 is 2.25 bits per heavy atom. The van der Waals surface area contributed by atoms with Crippen molar-refractivity contribution in [2.45, 2.75) is 45.3 Å². The fourth-order valence-corrected chi connectivity index (χ4v) is 4.18. The van der Waals surface area contributed by atoms with Gasteiger partial charge >= 0.3 is 0 Å². The Morgan fingerprint density at radius 1 is 0.944 bits per heavy atom. The minimum Gasteiger partial charge on any atom is -0.484 e. The van der Waals surface area contributed by atoms with Crippen LogP contribution in [0.1, 0.15) is 31.4 Å². The molecule has 0 bridgehead atoms. The van der Waals surface area contributed by atoms with Crippen LogP contribution in [0.3, 0.4) is 0 Å². The molecule has 2 atom stereocenters. The van der Waals surface area contributed by atoms with Crippen molar-refractivity contribution >= 4 is 46.6 Å². The van der Waals surface area contributed by atoms with Crippen LogP contribution >= 0.6 is 34.8 Å². The van der Waals surface area contributed by atoms with Crippen molar-refractivity contribution in [3.8, 4) is 5.75 Å². The summed E-state index contributed by atoms with van der Waals surface area (Å²) in [6.45, 7) is 3.79. The molecule has 190 valence electrons. The summed E-state index contributed by atoms with van der Waals surface area (Å²) < 4.78 is 5.74. The molecule has 0 fully saturated rings. The van der Waals surface area contributed by atoms with Crippen LogP contribution in [0.25, 0.3) is 0 Å². The lowest BCUT2D eigenvalue weighted by Gasteiger charge is -2.32. The first-order chi connectivity index (χ1) is 17.3. The molecule has 1 N–H and O–H groups in total. The zero-order valence-corrected chi connectivity index (χ0v) is 22.5. The Balaban J connectivity index is 1.93. The third-order valence-corrected chi connectivity index (χ3v) is 6.64. The summed E-state index contributed by atoms with van der Waals surface area (Å²) in [4.78, 5) is 28.6.